The molecule has 33 heavy (non-hydrogen) atoms. The first-order chi connectivity index (χ1) is 15.7. The molecule has 0 spiro atoms. The molecule has 0 radical (unpaired) electrons. The van der Waals surface area contributed by atoms with Crippen molar-refractivity contribution in [1.29, 1.82) is 0 Å². The van der Waals surface area contributed by atoms with Crippen molar-refractivity contribution < 1.29 is 19.0 Å². The average Bonchev–Trinajstić information content (AvgIpc) is 3.03. The molecule has 0 saturated carbocycles. The van der Waals surface area contributed by atoms with Gasteiger partial charge in [0.2, 0.25) is 0 Å². The van der Waals surface area contributed by atoms with Crippen molar-refractivity contribution in [2.45, 2.75) is 52.1 Å². The molecule has 0 aromatic heterocycles. The molecule has 6 heteroatoms. The second-order valence-corrected chi connectivity index (χ2v) is 10.7. The Balaban J connectivity index is 1.57. The van der Waals surface area contributed by atoms with Gasteiger partial charge in [-0.15, -0.1) is 0 Å². The van der Waals surface area contributed by atoms with Gasteiger partial charge in [-0.3, -0.25) is 4.90 Å². The summed E-state index contributed by atoms with van der Waals surface area (Å²) < 4.78 is 20.0. The van der Waals surface area contributed by atoms with Gasteiger partial charge in [-0.05, 0) is 85.0 Å². The molecule has 0 unspecified atom stereocenters. The lowest BCUT2D eigenvalue weighted by Crippen LogP contribution is -2.60. The highest BCUT2D eigenvalue weighted by Gasteiger charge is 2.50. The van der Waals surface area contributed by atoms with Crippen molar-refractivity contribution in [3.63, 3.8) is 0 Å². The Labute approximate surface area is 195 Å². The minimum Gasteiger partial charge on any atom is -0.497 e. The van der Waals surface area contributed by atoms with E-state index in [-0.39, 0.29) is 23.3 Å². The normalized spacial score (nSPS) is 27.3. The molecule has 6 rings (SSSR count). The fraction of sp³-hybridized carbons (Fsp3) is 0.519. The number of ether oxygens (including phenoxy) is 1. The van der Waals surface area contributed by atoms with Gasteiger partial charge in [-0.2, -0.15) is 0 Å². The first kappa shape index (κ1) is 22.2. The molecule has 176 valence electrons. The summed E-state index contributed by atoms with van der Waals surface area (Å²) >= 11 is 0. The monoisotopic (exact) mass is 452 g/mol. The van der Waals surface area contributed by atoms with Crippen LogP contribution in [0.25, 0.3) is 11.1 Å². The van der Waals surface area contributed by atoms with Crippen molar-refractivity contribution in [1.82, 2.24) is 9.80 Å². The number of rotatable bonds is 4. The summed E-state index contributed by atoms with van der Waals surface area (Å²) in [6.07, 6.45) is 2.08. The van der Waals surface area contributed by atoms with Crippen molar-refractivity contribution >= 4 is 6.09 Å². The largest absolute Gasteiger partial charge is 0.497 e. The number of amides is 1. The van der Waals surface area contributed by atoms with Gasteiger partial charge in [-0.1, -0.05) is 26.0 Å². The Hall–Kier alpha value is -2.60. The van der Waals surface area contributed by atoms with Gasteiger partial charge in [-0.25, -0.2) is 9.18 Å². The fourth-order valence-corrected chi connectivity index (χ4v) is 6.54. The molecule has 5 nitrogen and oxygen atoms in total. The van der Waals surface area contributed by atoms with Gasteiger partial charge in [0.25, 0.3) is 0 Å². The van der Waals surface area contributed by atoms with E-state index in [0.29, 0.717) is 17.2 Å². The second kappa shape index (κ2) is 8.01. The number of nitrogens with zero attached hydrogens (tertiary/aromatic N) is 2. The minimum absolute atomic E-state index is 0.0271. The van der Waals surface area contributed by atoms with Crippen LogP contribution in [0.4, 0.5) is 9.18 Å². The molecule has 4 aliphatic rings. The molecule has 2 aromatic carbocycles. The van der Waals surface area contributed by atoms with Gasteiger partial charge < -0.3 is 14.7 Å². The summed E-state index contributed by atoms with van der Waals surface area (Å²) in [4.78, 5) is 16.9. The number of aryl methyl sites for hydroxylation is 1. The third kappa shape index (κ3) is 3.68. The number of benzene rings is 2. The van der Waals surface area contributed by atoms with E-state index in [9.17, 15) is 14.3 Å². The lowest BCUT2D eigenvalue weighted by Gasteiger charge is -2.51. The first-order valence-electron chi connectivity index (χ1n) is 11.9. The Morgan fingerprint density at radius 2 is 1.91 bits per heavy atom. The van der Waals surface area contributed by atoms with Gasteiger partial charge in [0.05, 0.1) is 19.2 Å². The Morgan fingerprint density at radius 3 is 2.48 bits per heavy atom. The maximum atomic E-state index is 14.9. The molecule has 1 aliphatic carbocycles. The van der Waals surface area contributed by atoms with Crippen molar-refractivity contribution in [2.75, 3.05) is 26.7 Å². The number of halogens is 1. The van der Waals surface area contributed by atoms with Crippen LogP contribution in [0.5, 0.6) is 5.75 Å². The van der Waals surface area contributed by atoms with Gasteiger partial charge in [0, 0.05) is 18.2 Å². The third-order valence-corrected chi connectivity index (χ3v) is 8.11. The quantitative estimate of drug-likeness (QED) is 0.665. The zero-order chi connectivity index (χ0) is 23.5. The zero-order valence-corrected chi connectivity index (χ0v) is 19.9. The van der Waals surface area contributed by atoms with Crippen molar-refractivity contribution in [3.8, 4) is 16.9 Å². The number of fused-ring (bicyclic) bond motifs is 4. The van der Waals surface area contributed by atoms with E-state index >= 15 is 0 Å². The summed E-state index contributed by atoms with van der Waals surface area (Å²) in [5, 5.41) is 10.4. The number of hydrogen-bond donors (Lipinski definition) is 1. The van der Waals surface area contributed by atoms with Crippen LogP contribution in [-0.4, -0.2) is 53.8 Å². The first-order valence-corrected chi connectivity index (χ1v) is 11.9. The van der Waals surface area contributed by atoms with E-state index in [2.05, 4.69) is 30.9 Å². The van der Waals surface area contributed by atoms with Crippen LogP contribution >= 0.6 is 0 Å². The number of methoxy groups -OCH3 is 1. The van der Waals surface area contributed by atoms with Gasteiger partial charge in [0.1, 0.15) is 11.6 Å². The van der Waals surface area contributed by atoms with Crippen LogP contribution in [0.3, 0.4) is 0 Å². The van der Waals surface area contributed by atoms with Crippen LogP contribution in [0.15, 0.2) is 30.3 Å². The summed E-state index contributed by atoms with van der Waals surface area (Å²) in [7, 11) is 1.53. The molecule has 3 saturated heterocycles. The lowest BCUT2D eigenvalue weighted by molar-refractivity contribution is -0.0267. The molecule has 2 aromatic rings. The Morgan fingerprint density at radius 1 is 1.18 bits per heavy atom. The van der Waals surface area contributed by atoms with Crippen LogP contribution in [0, 0.1) is 24.1 Å². The second-order valence-electron chi connectivity index (χ2n) is 10.7. The Bertz CT molecular complexity index is 1090. The van der Waals surface area contributed by atoms with Crippen LogP contribution in [-0.2, 0) is 6.42 Å². The smallest absolute Gasteiger partial charge is 0.408 e. The highest BCUT2D eigenvalue weighted by atomic mass is 19.1. The maximum Gasteiger partial charge on any atom is 0.408 e. The molecule has 1 amide bonds. The molecule has 2 bridgehead atoms. The molecule has 1 N–H and O–H groups in total. The van der Waals surface area contributed by atoms with Gasteiger partial charge in [0.15, 0.2) is 0 Å². The van der Waals surface area contributed by atoms with E-state index in [0.717, 1.165) is 61.2 Å². The van der Waals surface area contributed by atoms with E-state index < -0.39 is 6.09 Å². The summed E-state index contributed by atoms with van der Waals surface area (Å²) in [5.74, 6) is 0.608. The van der Waals surface area contributed by atoms with Crippen molar-refractivity contribution in [2.24, 2.45) is 11.3 Å². The SMILES string of the molecule is COc1ccc(-c2cc3c(cc2C)[C@H](N(C(=O)O)[C@@H]2CN4CCC2CC4)C(C)(C)C3)c(F)c1. The fourth-order valence-electron chi connectivity index (χ4n) is 6.54. The molecular formula is C27H33FN2O3. The van der Waals surface area contributed by atoms with Crippen LogP contribution < -0.4 is 4.74 Å². The zero-order valence-electron chi connectivity index (χ0n) is 19.9. The third-order valence-electron chi connectivity index (χ3n) is 8.11. The van der Waals surface area contributed by atoms with Gasteiger partial charge >= 0.3 is 6.09 Å². The van der Waals surface area contributed by atoms with E-state index in [1.807, 2.05) is 6.92 Å². The highest BCUT2D eigenvalue weighted by molar-refractivity contribution is 5.72. The molecule has 3 aliphatic heterocycles. The summed E-state index contributed by atoms with van der Waals surface area (Å²) in [6, 6.07) is 8.95. The Kier molecular flexibility index (Phi) is 5.39. The molecule has 2 atom stereocenters. The van der Waals surface area contributed by atoms with Crippen LogP contribution in [0.2, 0.25) is 0 Å². The number of carbonyl (C=O) groups is 1. The standard InChI is InChI=1S/C27H33FN2O3/c1-16-11-22-18(12-21(16)20-6-5-19(33-4)13-23(20)28)14-27(2,3)25(22)30(26(31)32)24-15-29-9-7-17(24)8-10-29/h5-6,11-13,17,24-25H,7-10,14-15H2,1-4H3,(H,31,32)/t24-,25+/m1/s1. The highest BCUT2D eigenvalue weighted by Crippen LogP contribution is 2.52. The predicted octanol–water partition coefficient (Wildman–Crippen LogP) is 5.51. The number of piperidine rings is 3. The van der Waals surface area contributed by atoms with E-state index in [4.69, 9.17) is 4.74 Å². The average molecular weight is 453 g/mol. The molecule has 3 heterocycles. The maximum absolute atomic E-state index is 14.9. The minimum atomic E-state index is -0.831. The summed E-state index contributed by atoms with van der Waals surface area (Å²) in [5.41, 5.74) is 4.32. The number of hydrogen-bond acceptors (Lipinski definition) is 3. The number of carboxylic acid groups (broad SMARTS) is 1. The molecule has 3 fully saturated rings. The van der Waals surface area contributed by atoms with E-state index in [1.165, 1.54) is 13.2 Å². The molecular weight excluding hydrogens is 419 g/mol. The lowest BCUT2D eigenvalue weighted by atomic mass is 9.79. The predicted molar refractivity (Wildman–Crippen MR) is 126 cm³/mol. The summed E-state index contributed by atoms with van der Waals surface area (Å²) in [6.45, 7) is 9.30. The topological polar surface area (TPSA) is 53.0 Å². The van der Waals surface area contributed by atoms with Crippen molar-refractivity contribution in [3.05, 3.63) is 52.8 Å². The van der Waals surface area contributed by atoms with Crippen LogP contribution in [0.1, 0.15) is 49.4 Å². The van der Waals surface area contributed by atoms with E-state index in [1.54, 1.807) is 17.0 Å².